The highest BCUT2D eigenvalue weighted by Gasteiger charge is 2.45. The van der Waals surface area contributed by atoms with Crippen molar-refractivity contribution in [3.05, 3.63) is 0 Å². The second kappa shape index (κ2) is 5.30. The zero-order valence-corrected chi connectivity index (χ0v) is 12.4. The Balaban J connectivity index is 1.55. The Labute approximate surface area is 121 Å². The van der Waals surface area contributed by atoms with Gasteiger partial charge >= 0.3 is 5.97 Å². The van der Waals surface area contributed by atoms with Gasteiger partial charge in [0.05, 0.1) is 0 Å². The molecule has 0 bridgehead atoms. The fraction of sp³-hybridized carbons (Fsp3) is 0.938. The van der Waals surface area contributed by atoms with Crippen molar-refractivity contribution in [3.63, 3.8) is 0 Å². The quantitative estimate of drug-likeness (QED) is 0.815. The lowest BCUT2D eigenvalue weighted by atomic mass is 9.68. The number of nitrogens with zero attached hydrogens (tertiary/aromatic N) is 1. The third-order valence-electron chi connectivity index (χ3n) is 6.24. The van der Waals surface area contributed by atoms with E-state index < -0.39 is 11.5 Å². The maximum Gasteiger partial charge on any atom is 0.323 e. The van der Waals surface area contributed by atoms with Crippen molar-refractivity contribution in [2.75, 3.05) is 13.1 Å². The lowest BCUT2D eigenvalue weighted by Crippen LogP contribution is -2.49. The predicted molar refractivity (Wildman–Crippen MR) is 78.5 cm³/mol. The van der Waals surface area contributed by atoms with E-state index in [1.807, 2.05) is 0 Å². The number of hydrogen-bond acceptors (Lipinski definition) is 3. The number of carbonyl (C=O) groups is 1. The average Bonchev–Trinajstić information content (AvgIpc) is 2.85. The second-order valence-corrected chi connectivity index (χ2v) is 7.45. The summed E-state index contributed by atoms with van der Waals surface area (Å²) in [5.74, 6) is -0.819. The molecule has 1 spiro atoms. The van der Waals surface area contributed by atoms with Crippen molar-refractivity contribution >= 4 is 5.97 Å². The molecule has 1 saturated heterocycles. The lowest BCUT2D eigenvalue weighted by molar-refractivity contribution is -0.143. The minimum absolute atomic E-state index is 0.400. The van der Waals surface area contributed by atoms with Crippen molar-refractivity contribution in [2.45, 2.75) is 75.8 Å². The van der Waals surface area contributed by atoms with Crippen LogP contribution < -0.4 is 5.73 Å². The summed E-state index contributed by atoms with van der Waals surface area (Å²) in [5.41, 5.74) is 5.67. The van der Waals surface area contributed by atoms with Crippen LogP contribution in [0.5, 0.6) is 0 Å². The minimum atomic E-state index is -0.968. The van der Waals surface area contributed by atoms with Crippen LogP contribution >= 0.6 is 0 Å². The van der Waals surface area contributed by atoms with Crippen LogP contribution in [0.3, 0.4) is 0 Å². The summed E-state index contributed by atoms with van der Waals surface area (Å²) in [4.78, 5) is 13.8. The van der Waals surface area contributed by atoms with Gasteiger partial charge in [0.15, 0.2) is 0 Å². The summed E-state index contributed by atoms with van der Waals surface area (Å²) in [6, 6.07) is 0.400. The van der Waals surface area contributed by atoms with Crippen LogP contribution in [0, 0.1) is 5.41 Å². The molecule has 3 rings (SSSR count). The molecule has 0 aromatic rings. The normalized spacial score (nSPS) is 38.1. The van der Waals surface area contributed by atoms with E-state index in [1.165, 1.54) is 44.9 Å². The maximum absolute atomic E-state index is 11.3. The summed E-state index contributed by atoms with van der Waals surface area (Å²) in [6.45, 7) is 2.31. The number of nitrogens with two attached hydrogens (primary N) is 1. The minimum Gasteiger partial charge on any atom is -0.480 e. The maximum atomic E-state index is 11.3. The molecule has 4 nitrogen and oxygen atoms in total. The van der Waals surface area contributed by atoms with Gasteiger partial charge in [-0.25, -0.2) is 0 Å². The number of rotatable bonds is 2. The Kier molecular flexibility index (Phi) is 3.80. The van der Waals surface area contributed by atoms with Crippen LogP contribution in [0.4, 0.5) is 0 Å². The molecule has 3 N–H and O–H groups in total. The molecule has 2 aliphatic carbocycles. The van der Waals surface area contributed by atoms with Gasteiger partial charge in [0.1, 0.15) is 5.54 Å². The number of likely N-dealkylation sites (tertiary alicyclic amines) is 1. The fourth-order valence-corrected chi connectivity index (χ4v) is 4.72. The zero-order valence-electron chi connectivity index (χ0n) is 12.4. The molecule has 0 aromatic heterocycles. The van der Waals surface area contributed by atoms with E-state index in [1.54, 1.807) is 0 Å². The smallest absolute Gasteiger partial charge is 0.323 e. The summed E-state index contributed by atoms with van der Waals surface area (Å²) < 4.78 is 0. The average molecular weight is 280 g/mol. The summed E-state index contributed by atoms with van der Waals surface area (Å²) in [5, 5.41) is 9.24. The third kappa shape index (κ3) is 2.60. The van der Waals surface area contributed by atoms with Gasteiger partial charge in [-0.2, -0.15) is 0 Å². The monoisotopic (exact) mass is 280 g/mol. The first-order valence-electron chi connectivity index (χ1n) is 8.29. The van der Waals surface area contributed by atoms with E-state index in [0.29, 0.717) is 24.3 Å². The molecule has 4 heteroatoms. The van der Waals surface area contributed by atoms with Crippen LogP contribution in [0.1, 0.15) is 64.2 Å². The molecule has 114 valence electrons. The van der Waals surface area contributed by atoms with Crippen LogP contribution in [-0.2, 0) is 4.79 Å². The molecule has 3 aliphatic rings. The fourth-order valence-electron chi connectivity index (χ4n) is 4.72. The predicted octanol–water partition coefficient (Wildman–Crippen LogP) is 2.37. The van der Waals surface area contributed by atoms with Gasteiger partial charge in [0.2, 0.25) is 0 Å². The van der Waals surface area contributed by atoms with Crippen molar-refractivity contribution in [1.82, 2.24) is 4.90 Å². The Morgan fingerprint density at radius 1 is 1.05 bits per heavy atom. The molecular formula is C16H28N2O2. The molecule has 2 saturated carbocycles. The van der Waals surface area contributed by atoms with Gasteiger partial charge in [-0.1, -0.05) is 19.3 Å². The summed E-state index contributed by atoms with van der Waals surface area (Å²) in [6.07, 6.45) is 11.9. The molecule has 20 heavy (non-hydrogen) atoms. The number of carboxylic acids is 1. The Bertz CT molecular complexity index is 369. The first kappa shape index (κ1) is 14.3. The summed E-state index contributed by atoms with van der Waals surface area (Å²) >= 11 is 0. The standard InChI is InChI=1S/C16H28N2O2/c17-16(14(19)20)7-4-13(12-16)18-10-8-15(9-11-18)5-2-1-3-6-15/h13H,1-12,17H2,(H,19,20). The van der Waals surface area contributed by atoms with E-state index in [0.717, 1.165) is 19.5 Å². The molecule has 3 fully saturated rings. The molecule has 2 atom stereocenters. The molecule has 0 radical (unpaired) electrons. The Morgan fingerprint density at radius 2 is 1.70 bits per heavy atom. The van der Waals surface area contributed by atoms with Gasteiger partial charge in [-0.05, 0) is 63.5 Å². The first-order valence-corrected chi connectivity index (χ1v) is 8.29. The number of piperidine rings is 1. The lowest BCUT2D eigenvalue weighted by Gasteiger charge is -2.46. The highest BCUT2D eigenvalue weighted by molar-refractivity contribution is 5.79. The second-order valence-electron chi connectivity index (χ2n) is 7.45. The Hall–Kier alpha value is -0.610. The zero-order chi connectivity index (χ0) is 14.2. The number of carboxylic acid groups (broad SMARTS) is 1. The van der Waals surface area contributed by atoms with Crippen LogP contribution in [0.25, 0.3) is 0 Å². The van der Waals surface area contributed by atoms with Gasteiger partial charge in [-0.15, -0.1) is 0 Å². The van der Waals surface area contributed by atoms with Crippen molar-refractivity contribution in [3.8, 4) is 0 Å². The van der Waals surface area contributed by atoms with Crippen molar-refractivity contribution in [1.29, 1.82) is 0 Å². The third-order valence-corrected chi connectivity index (χ3v) is 6.24. The number of aliphatic carboxylic acids is 1. The highest BCUT2D eigenvalue weighted by atomic mass is 16.4. The molecule has 1 heterocycles. The van der Waals surface area contributed by atoms with E-state index in [2.05, 4.69) is 4.90 Å². The van der Waals surface area contributed by atoms with Crippen molar-refractivity contribution < 1.29 is 9.90 Å². The van der Waals surface area contributed by atoms with E-state index in [9.17, 15) is 9.90 Å². The molecule has 0 aromatic carbocycles. The number of hydrogen-bond donors (Lipinski definition) is 2. The van der Waals surface area contributed by atoms with Gasteiger partial charge in [-0.3, -0.25) is 4.79 Å². The molecular weight excluding hydrogens is 252 g/mol. The van der Waals surface area contributed by atoms with Gasteiger partial charge in [0, 0.05) is 6.04 Å². The molecule has 0 amide bonds. The van der Waals surface area contributed by atoms with E-state index >= 15 is 0 Å². The Morgan fingerprint density at radius 3 is 2.25 bits per heavy atom. The van der Waals surface area contributed by atoms with Crippen LogP contribution in [0.15, 0.2) is 0 Å². The highest BCUT2D eigenvalue weighted by Crippen LogP contribution is 2.45. The largest absolute Gasteiger partial charge is 0.480 e. The van der Waals surface area contributed by atoms with Crippen LogP contribution in [-0.4, -0.2) is 40.6 Å². The summed E-state index contributed by atoms with van der Waals surface area (Å²) in [7, 11) is 0. The van der Waals surface area contributed by atoms with E-state index in [-0.39, 0.29) is 0 Å². The van der Waals surface area contributed by atoms with E-state index in [4.69, 9.17) is 5.73 Å². The molecule has 2 unspecified atom stereocenters. The van der Waals surface area contributed by atoms with Gasteiger partial charge < -0.3 is 15.7 Å². The first-order chi connectivity index (χ1) is 9.53. The van der Waals surface area contributed by atoms with Crippen molar-refractivity contribution in [2.24, 2.45) is 11.1 Å². The SMILES string of the molecule is NC1(C(=O)O)CCC(N2CCC3(CCCCC3)CC2)C1. The molecule has 1 aliphatic heterocycles. The topological polar surface area (TPSA) is 66.6 Å². The van der Waals surface area contributed by atoms with Crippen LogP contribution in [0.2, 0.25) is 0 Å². The van der Waals surface area contributed by atoms with Gasteiger partial charge in [0.25, 0.3) is 0 Å².